The van der Waals surface area contributed by atoms with Gasteiger partial charge in [-0.15, -0.1) is 0 Å². The van der Waals surface area contributed by atoms with E-state index in [2.05, 4.69) is 48.5 Å². The Bertz CT molecular complexity index is 2400. The fraction of sp³-hybridized carbons (Fsp3) is 0.444. The van der Waals surface area contributed by atoms with Crippen LogP contribution in [0.15, 0.2) is 84.9 Å². The van der Waals surface area contributed by atoms with Crippen molar-refractivity contribution in [1.29, 1.82) is 0 Å². The quantitative estimate of drug-likeness (QED) is 0.0910. The van der Waals surface area contributed by atoms with E-state index in [1.54, 1.807) is 17.6 Å². The number of hydrogen-bond acceptors (Lipinski definition) is 7. The maximum atomic E-state index is 11.2. The van der Waals surface area contributed by atoms with Crippen molar-refractivity contribution in [2.24, 2.45) is 35.5 Å². The molecule has 4 aromatic carbocycles. The lowest BCUT2D eigenvalue weighted by atomic mass is 9.48. The lowest BCUT2D eigenvalue weighted by Crippen LogP contribution is -2.48. The predicted octanol–water partition coefficient (Wildman–Crippen LogP) is 10.8. The first-order valence-corrected chi connectivity index (χ1v) is 23.3. The van der Waals surface area contributed by atoms with Crippen molar-refractivity contribution in [3.05, 3.63) is 107 Å². The van der Waals surface area contributed by atoms with Gasteiger partial charge in [-0.3, -0.25) is 10.0 Å². The molecule has 0 spiro atoms. The lowest BCUT2D eigenvalue weighted by Gasteiger charge is -2.57. The average molecular weight is 848 g/mol. The molecule has 10 aliphatic rings. The van der Waals surface area contributed by atoms with Crippen molar-refractivity contribution in [3.8, 4) is 45.3 Å². The second-order valence-corrected chi connectivity index (χ2v) is 20.2. The zero-order valence-corrected chi connectivity index (χ0v) is 35.9. The van der Waals surface area contributed by atoms with Crippen LogP contribution in [0.1, 0.15) is 99.3 Å². The highest BCUT2D eigenvalue weighted by Crippen LogP contribution is 2.64. The smallest absolute Gasteiger partial charge is 0.328 e. The maximum absolute atomic E-state index is 11.2. The summed E-state index contributed by atoms with van der Waals surface area (Å²) in [6.45, 7) is 2.42. The SMILES string of the molecule is O=C(/C=C/c1ccc(-c2cc3c(c(C45CC6CC(CC(C6)C4)C5)c2)OCCO3)cc1)NO.O=C(O)/C=C/c1ccc(-c2cc3c(c(C45CC6CC(CC(C6)C4)C5)c2)OCCO3)cc1. The summed E-state index contributed by atoms with van der Waals surface area (Å²) in [5, 5.41) is 17.5. The molecule has 8 fully saturated rings. The maximum Gasteiger partial charge on any atom is 0.328 e. The van der Waals surface area contributed by atoms with Gasteiger partial charge in [0.05, 0.1) is 0 Å². The molecule has 8 bridgehead atoms. The Morgan fingerprint density at radius 1 is 0.508 bits per heavy atom. The molecule has 3 N–H and O–H groups in total. The standard InChI is InChI=1S/C27H29NO4.C27H28O4/c29-25(28-30)6-3-17-1-4-21(5-2-17)22-12-23(26-24(13-22)31-7-8-32-26)27-14-18-9-19(15-27)11-20(10-18)16-27;28-25(29)6-3-17-1-4-21(5-2-17)22-12-23(26-24(13-22)30-7-8-31-26)27-14-18-9-19(15-27)11-20(10-18)16-27/h1-6,12-13,18-20,30H,7-11,14-16H2,(H,28,29);1-6,12-13,18-20H,7-11,14-16H2,(H,28,29)/b2*6-3+. The van der Waals surface area contributed by atoms with Crippen LogP contribution in [0.2, 0.25) is 0 Å². The highest BCUT2D eigenvalue weighted by molar-refractivity contribution is 5.91. The van der Waals surface area contributed by atoms with E-state index in [0.29, 0.717) is 26.4 Å². The lowest BCUT2D eigenvalue weighted by molar-refractivity contribution is -0.131. The van der Waals surface area contributed by atoms with Gasteiger partial charge in [0.25, 0.3) is 5.91 Å². The molecule has 9 nitrogen and oxygen atoms in total. The first kappa shape index (κ1) is 40.2. The molecule has 0 aromatic heterocycles. The number of carbonyl (C=O) groups excluding carboxylic acids is 1. The topological polar surface area (TPSA) is 124 Å². The fourth-order valence-electron chi connectivity index (χ4n) is 14.3. The third kappa shape index (κ3) is 7.81. The van der Waals surface area contributed by atoms with Gasteiger partial charge in [0, 0.05) is 23.3 Å². The molecule has 9 heteroatoms. The van der Waals surface area contributed by atoms with Gasteiger partial charge in [-0.2, -0.15) is 0 Å². The number of nitrogens with one attached hydrogen (secondary N) is 1. The number of aliphatic carboxylic acids is 1. The molecular weight excluding hydrogens is 791 g/mol. The van der Waals surface area contributed by atoms with E-state index in [1.807, 2.05) is 24.3 Å². The van der Waals surface area contributed by atoms with Crippen LogP contribution >= 0.6 is 0 Å². The minimum atomic E-state index is -0.934. The average Bonchev–Trinajstić information content (AvgIpc) is 3.29. The van der Waals surface area contributed by atoms with Gasteiger partial charge in [0.15, 0.2) is 23.0 Å². The number of carbonyl (C=O) groups is 2. The van der Waals surface area contributed by atoms with E-state index in [4.69, 9.17) is 29.3 Å². The number of hydrogen-bond donors (Lipinski definition) is 3. The van der Waals surface area contributed by atoms with Crippen molar-refractivity contribution in [2.45, 2.75) is 87.9 Å². The number of rotatable bonds is 8. The molecule has 0 atom stereocenters. The Labute approximate surface area is 369 Å². The van der Waals surface area contributed by atoms with Gasteiger partial charge in [0.2, 0.25) is 0 Å². The highest BCUT2D eigenvalue weighted by atomic mass is 16.6. The fourth-order valence-corrected chi connectivity index (χ4v) is 14.3. The zero-order chi connectivity index (χ0) is 42.7. The first-order chi connectivity index (χ1) is 30.7. The summed E-state index contributed by atoms with van der Waals surface area (Å²) in [7, 11) is 0. The molecule has 0 radical (unpaired) electrons. The number of carboxylic acids is 1. The van der Waals surface area contributed by atoms with Crippen LogP contribution in [0.25, 0.3) is 34.4 Å². The number of hydroxylamine groups is 1. The van der Waals surface area contributed by atoms with E-state index >= 15 is 0 Å². The molecule has 4 aromatic rings. The van der Waals surface area contributed by atoms with Crippen LogP contribution in [0, 0.1) is 35.5 Å². The molecule has 8 saturated carbocycles. The van der Waals surface area contributed by atoms with Crippen LogP contribution in [-0.2, 0) is 20.4 Å². The monoisotopic (exact) mass is 847 g/mol. The van der Waals surface area contributed by atoms with E-state index in [-0.39, 0.29) is 10.8 Å². The third-order valence-electron chi connectivity index (χ3n) is 15.9. The molecule has 14 rings (SSSR count). The van der Waals surface area contributed by atoms with Crippen molar-refractivity contribution in [1.82, 2.24) is 5.48 Å². The van der Waals surface area contributed by atoms with Gasteiger partial charge in [-0.05, 0) is 193 Å². The third-order valence-corrected chi connectivity index (χ3v) is 15.9. The van der Waals surface area contributed by atoms with E-state index < -0.39 is 11.9 Å². The summed E-state index contributed by atoms with van der Waals surface area (Å²) < 4.78 is 24.6. The van der Waals surface area contributed by atoms with E-state index in [1.165, 1.54) is 100 Å². The Morgan fingerprint density at radius 2 is 0.873 bits per heavy atom. The van der Waals surface area contributed by atoms with Crippen molar-refractivity contribution >= 4 is 24.0 Å². The number of fused-ring (bicyclic) bond motifs is 2. The summed E-state index contributed by atoms with van der Waals surface area (Å²) in [5.41, 5.74) is 11.1. The molecule has 326 valence electrons. The largest absolute Gasteiger partial charge is 0.486 e. The van der Waals surface area contributed by atoms with Gasteiger partial charge in [-0.25, -0.2) is 10.3 Å². The molecule has 0 unspecified atom stereocenters. The summed E-state index contributed by atoms with van der Waals surface area (Å²) in [4.78, 5) is 22.0. The van der Waals surface area contributed by atoms with Crippen LogP contribution < -0.4 is 24.4 Å². The second kappa shape index (κ2) is 16.2. The van der Waals surface area contributed by atoms with Crippen molar-refractivity contribution < 1.29 is 38.9 Å². The van der Waals surface area contributed by atoms with Crippen molar-refractivity contribution in [2.75, 3.05) is 26.4 Å². The molecule has 63 heavy (non-hydrogen) atoms. The Balaban J connectivity index is 0.000000141. The summed E-state index contributed by atoms with van der Waals surface area (Å²) in [5.74, 6) is 7.46. The highest BCUT2D eigenvalue weighted by Gasteiger charge is 2.54. The van der Waals surface area contributed by atoms with E-state index in [0.717, 1.165) is 91.9 Å². The minimum absolute atomic E-state index is 0.232. The molecule has 2 aliphatic heterocycles. The number of carboxylic acid groups (broad SMARTS) is 1. The molecule has 1 amide bonds. The van der Waals surface area contributed by atoms with Crippen LogP contribution in [0.5, 0.6) is 23.0 Å². The van der Waals surface area contributed by atoms with Gasteiger partial charge in [-0.1, -0.05) is 48.5 Å². The van der Waals surface area contributed by atoms with Gasteiger partial charge >= 0.3 is 5.97 Å². The Hall–Kier alpha value is -5.54. The Kier molecular flexibility index (Phi) is 10.4. The summed E-state index contributed by atoms with van der Waals surface area (Å²) in [6.07, 6.45) is 22.0. The van der Waals surface area contributed by atoms with Crippen LogP contribution in [0.3, 0.4) is 0 Å². The summed E-state index contributed by atoms with van der Waals surface area (Å²) in [6, 6.07) is 25.1. The Morgan fingerprint density at radius 3 is 1.24 bits per heavy atom. The molecule has 2 heterocycles. The first-order valence-electron chi connectivity index (χ1n) is 23.3. The molecular formula is C54H57NO8. The van der Waals surface area contributed by atoms with Crippen molar-refractivity contribution in [3.63, 3.8) is 0 Å². The number of amides is 1. The van der Waals surface area contributed by atoms with Crippen LogP contribution in [-0.4, -0.2) is 48.6 Å². The summed E-state index contributed by atoms with van der Waals surface area (Å²) >= 11 is 0. The molecule has 0 saturated heterocycles. The predicted molar refractivity (Wildman–Crippen MR) is 241 cm³/mol. The van der Waals surface area contributed by atoms with Gasteiger partial charge in [0.1, 0.15) is 26.4 Å². The normalized spacial score (nSPS) is 30.3. The number of ether oxygens (including phenoxy) is 4. The van der Waals surface area contributed by atoms with E-state index in [9.17, 15) is 9.59 Å². The van der Waals surface area contributed by atoms with Gasteiger partial charge < -0.3 is 24.1 Å². The second-order valence-electron chi connectivity index (χ2n) is 20.2. The molecule has 8 aliphatic carbocycles. The minimum Gasteiger partial charge on any atom is -0.486 e. The zero-order valence-electron chi connectivity index (χ0n) is 35.9. The van der Waals surface area contributed by atoms with Crippen LogP contribution in [0.4, 0.5) is 0 Å². The number of benzene rings is 4.